The number of anilines is 2. The number of rotatable bonds is 7. The molecule has 0 bridgehead atoms. The quantitative estimate of drug-likeness (QED) is 0.507. The van der Waals surface area contributed by atoms with Gasteiger partial charge in [0, 0.05) is 6.08 Å². The van der Waals surface area contributed by atoms with E-state index >= 15 is 0 Å². The first-order chi connectivity index (χ1) is 14.7. The zero-order valence-electron chi connectivity index (χ0n) is 17.9. The van der Waals surface area contributed by atoms with Gasteiger partial charge in [0.1, 0.15) is 11.4 Å². The van der Waals surface area contributed by atoms with Crippen LogP contribution in [0.2, 0.25) is 0 Å². The van der Waals surface area contributed by atoms with Crippen molar-refractivity contribution in [2.75, 3.05) is 24.4 Å². The van der Waals surface area contributed by atoms with E-state index in [-0.39, 0.29) is 6.61 Å². The smallest absolute Gasteiger partial charge is 0.412 e. The Morgan fingerprint density at radius 2 is 1.55 bits per heavy atom. The highest BCUT2D eigenvalue weighted by Gasteiger charge is 2.17. The van der Waals surface area contributed by atoms with Crippen LogP contribution in [0.4, 0.5) is 16.2 Å². The van der Waals surface area contributed by atoms with Gasteiger partial charge in [-0.1, -0.05) is 24.3 Å². The van der Waals surface area contributed by atoms with Crippen molar-refractivity contribution in [3.8, 4) is 5.75 Å². The van der Waals surface area contributed by atoms with Gasteiger partial charge >= 0.3 is 12.1 Å². The Hall–Kier alpha value is -3.81. The molecule has 8 heteroatoms. The summed E-state index contributed by atoms with van der Waals surface area (Å²) in [5, 5.41) is 5.32. The van der Waals surface area contributed by atoms with Crippen molar-refractivity contribution in [1.29, 1.82) is 0 Å². The summed E-state index contributed by atoms with van der Waals surface area (Å²) in [6.45, 7) is 5.07. The molecule has 0 spiro atoms. The number of carbonyl (C=O) groups excluding carboxylic acids is 3. The lowest BCUT2D eigenvalue weighted by molar-refractivity contribution is -0.134. The molecular weight excluding hydrogens is 400 g/mol. The van der Waals surface area contributed by atoms with Gasteiger partial charge < -0.3 is 19.5 Å². The van der Waals surface area contributed by atoms with Crippen molar-refractivity contribution in [1.82, 2.24) is 0 Å². The lowest BCUT2D eigenvalue weighted by Crippen LogP contribution is -2.28. The van der Waals surface area contributed by atoms with Crippen LogP contribution in [0.1, 0.15) is 26.3 Å². The number of benzene rings is 2. The summed E-state index contributed by atoms with van der Waals surface area (Å²) in [5.41, 5.74) is 0.974. The van der Waals surface area contributed by atoms with Gasteiger partial charge in [-0.25, -0.2) is 9.59 Å². The highest BCUT2D eigenvalue weighted by molar-refractivity contribution is 5.98. The first-order valence-electron chi connectivity index (χ1n) is 9.54. The number of hydrogen-bond acceptors (Lipinski definition) is 6. The van der Waals surface area contributed by atoms with Gasteiger partial charge in [-0.05, 0) is 56.7 Å². The molecule has 0 aliphatic rings. The number of carbonyl (C=O) groups is 3. The summed E-state index contributed by atoms with van der Waals surface area (Å²) in [4.78, 5) is 35.4. The first-order valence-corrected chi connectivity index (χ1v) is 9.54. The highest BCUT2D eigenvalue weighted by atomic mass is 16.6. The standard InChI is InChI=1S/C23H26N2O6/c1-23(2,3)31-22(28)25-19-8-6-5-7-18(19)24-20(26)15-30-17-12-9-16(10-13-17)11-14-21(27)29-4/h5-14H,15H2,1-4H3,(H,24,26)(H,25,28). The topological polar surface area (TPSA) is 103 Å². The molecule has 8 nitrogen and oxygen atoms in total. The Morgan fingerprint density at radius 3 is 2.13 bits per heavy atom. The molecule has 2 amide bonds. The zero-order chi connectivity index (χ0) is 22.9. The predicted molar refractivity (Wildman–Crippen MR) is 118 cm³/mol. The molecule has 0 atom stereocenters. The van der Waals surface area contributed by atoms with Crippen molar-refractivity contribution in [2.24, 2.45) is 0 Å². The fourth-order valence-electron chi connectivity index (χ4n) is 2.36. The van der Waals surface area contributed by atoms with E-state index in [4.69, 9.17) is 9.47 Å². The lowest BCUT2D eigenvalue weighted by Gasteiger charge is -2.20. The third-order valence-corrected chi connectivity index (χ3v) is 3.70. The number of para-hydroxylation sites is 2. The van der Waals surface area contributed by atoms with Gasteiger partial charge in [-0.2, -0.15) is 0 Å². The van der Waals surface area contributed by atoms with Gasteiger partial charge in [0.2, 0.25) is 0 Å². The molecule has 0 fully saturated rings. The maximum Gasteiger partial charge on any atom is 0.412 e. The van der Waals surface area contributed by atoms with Crippen LogP contribution >= 0.6 is 0 Å². The van der Waals surface area contributed by atoms with Crippen LogP contribution < -0.4 is 15.4 Å². The Morgan fingerprint density at radius 1 is 0.935 bits per heavy atom. The average Bonchev–Trinajstić information content (AvgIpc) is 2.71. The van der Waals surface area contributed by atoms with E-state index < -0.39 is 23.6 Å². The van der Waals surface area contributed by atoms with Gasteiger partial charge in [0.05, 0.1) is 18.5 Å². The Balaban J connectivity index is 1.91. The first kappa shape index (κ1) is 23.5. The zero-order valence-corrected chi connectivity index (χ0v) is 17.9. The molecule has 2 rings (SSSR count). The Bertz CT molecular complexity index is 945. The summed E-state index contributed by atoms with van der Waals surface area (Å²) in [6.07, 6.45) is 2.30. The number of amides is 2. The summed E-state index contributed by atoms with van der Waals surface area (Å²) in [7, 11) is 1.31. The second-order valence-electron chi connectivity index (χ2n) is 7.43. The second-order valence-corrected chi connectivity index (χ2v) is 7.43. The van der Waals surface area contributed by atoms with E-state index in [1.807, 2.05) is 0 Å². The molecule has 164 valence electrons. The molecule has 0 saturated carbocycles. The third kappa shape index (κ3) is 8.61. The number of hydrogen-bond donors (Lipinski definition) is 2. The maximum atomic E-state index is 12.3. The van der Waals surface area contributed by atoms with Crippen LogP contribution in [0.5, 0.6) is 5.75 Å². The van der Waals surface area contributed by atoms with E-state index in [0.717, 1.165) is 5.56 Å². The summed E-state index contributed by atoms with van der Waals surface area (Å²) in [6, 6.07) is 13.6. The molecule has 2 aromatic rings. The normalized spacial score (nSPS) is 11.0. The maximum absolute atomic E-state index is 12.3. The summed E-state index contributed by atoms with van der Waals surface area (Å²) < 4.78 is 15.3. The number of methoxy groups -OCH3 is 1. The van der Waals surface area contributed by atoms with E-state index in [0.29, 0.717) is 17.1 Å². The van der Waals surface area contributed by atoms with E-state index in [2.05, 4.69) is 15.4 Å². The van der Waals surface area contributed by atoms with E-state index in [9.17, 15) is 14.4 Å². The van der Waals surface area contributed by atoms with Gasteiger partial charge in [-0.15, -0.1) is 0 Å². The molecule has 31 heavy (non-hydrogen) atoms. The third-order valence-electron chi connectivity index (χ3n) is 3.70. The minimum atomic E-state index is -0.638. The van der Waals surface area contributed by atoms with Crippen molar-refractivity contribution >= 4 is 35.4 Å². The fraction of sp³-hybridized carbons (Fsp3) is 0.261. The molecule has 0 aromatic heterocycles. The van der Waals surface area contributed by atoms with Crippen LogP contribution in [0, 0.1) is 0 Å². The molecule has 0 saturated heterocycles. The molecule has 0 aliphatic heterocycles. The lowest BCUT2D eigenvalue weighted by atomic mass is 10.2. The van der Waals surface area contributed by atoms with Crippen LogP contribution in [0.15, 0.2) is 54.6 Å². The van der Waals surface area contributed by atoms with E-state index in [1.165, 1.54) is 13.2 Å². The average molecular weight is 426 g/mol. The van der Waals surface area contributed by atoms with Gasteiger partial charge in [0.25, 0.3) is 5.91 Å². The van der Waals surface area contributed by atoms with Crippen molar-refractivity contribution in [3.05, 3.63) is 60.2 Å². The van der Waals surface area contributed by atoms with Crippen molar-refractivity contribution < 1.29 is 28.6 Å². The van der Waals surface area contributed by atoms with Gasteiger partial charge in [0.15, 0.2) is 6.61 Å². The molecule has 0 unspecified atom stereocenters. The minimum Gasteiger partial charge on any atom is -0.484 e. The minimum absolute atomic E-state index is 0.224. The molecule has 2 aromatic carbocycles. The van der Waals surface area contributed by atoms with Crippen LogP contribution in [-0.4, -0.2) is 37.3 Å². The Kier molecular flexibility index (Phi) is 8.19. The van der Waals surface area contributed by atoms with Crippen LogP contribution in [-0.2, 0) is 19.1 Å². The molecule has 0 aliphatic carbocycles. The van der Waals surface area contributed by atoms with Crippen molar-refractivity contribution in [2.45, 2.75) is 26.4 Å². The molecular formula is C23H26N2O6. The SMILES string of the molecule is COC(=O)C=Cc1ccc(OCC(=O)Nc2ccccc2NC(=O)OC(C)(C)C)cc1. The van der Waals surface area contributed by atoms with Gasteiger partial charge in [-0.3, -0.25) is 10.1 Å². The van der Waals surface area contributed by atoms with Crippen LogP contribution in [0.25, 0.3) is 6.08 Å². The van der Waals surface area contributed by atoms with Crippen LogP contribution in [0.3, 0.4) is 0 Å². The number of ether oxygens (including phenoxy) is 3. The molecule has 0 radical (unpaired) electrons. The van der Waals surface area contributed by atoms with Crippen molar-refractivity contribution in [3.63, 3.8) is 0 Å². The largest absolute Gasteiger partial charge is 0.484 e. The monoisotopic (exact) mass is 426 g/mol. The second kappa shape index (κ2) is 10.8. The predicted octanol–water partition coefficient (Wildman–Crippen LogP) is 4.24. The summed E-state index contributed by atoms with van der Waals surface area (Å²) in [5.74, 6) is -0.350. The summed E-state index contributed by atoms with van der Waals surface area (Å²) >= 11 is 0. The molecule has 2 N–H and O–H groups in total. The Labute approximate surface area is 181 Å². The fourth-order valence-corrected chi connectivity index (χ4v) is 2.36. The van der Waals surface area contributed by atoms with E-state index in [1.54, 1.807) is 75.4 Å². The number of esters is 1. The molecule has 0 heterocycles. The number of nitrogens with one attached hydrogen (secondary N) is 2. The highest BCUT2D eigenvalue weighted by Crippen LogP contribution is 2.22.